The highest BCUT2D eigenvalue weighted by Gasteiger charge is 2.30. The van der Waals surface area contributed by atoms with Crippen LogP contribution in [0.1, 0.15) is 22.8 Å². The van der Waals surface area contributed by atoms with Gasteiger partial charge in [0.05, 0.1) is 22.8 Å². The van der Waals surface area contributed by atoms with E-state index in [0.717, 1.165) is 6.07 Å². The van der Waals surface area contributed by atoms with Crippen molar-refractivity contribution < 1.29 is 36.2 Å². The molecule has 0 saturated heterocycles. The fourth-order valence-corrected chi connectivity index (χ4v) is 3.09. The van der Waals surface area contributed by atoms with Crippen LogP contribution in [0.15, 0.2) is 23.1 Å². The number of aryl methyl sites for hydroxylation is 1. The highest BCUT2D eigenvalue weighted by atomic mass is 32.2. The van der Waals surface area contributed by atoms with Gasteiger partial charge in [0.25, 0.3) is 0 Å². The second kappa shape index (κ2) is 6.44. The summed E-state index contributed by atoms with van der Waals surface area (Å²) in [5, 5.41) is 8.85. The molecule has 1 aromatic rings. The van der Waals surface area contributed by atoms with Gasteiger partial charge in [0.2, 0.25) is 0 Å². The molecule has 0 fully saturated rings. The molecule has 0 aliphatic rings. The molecule has 0 saturated carbocycles. The van der Waals surface area contributed by atoms with Gasteiger partial charge in [-0.3, -0.25) is 4.74 Å². The summed E-state index contributed by atoms with van der Waals surface area (Å²) in [6.45, 7) is 0.604. The van der Waals surface area contributed by atoms with Gasteiger partial charge in [-0.25, -0.2) is 13.2 Å². The number of alkyl halides is 3. The van der Waals surface area contributed by atoms with E-state index in [9.17, 15) is 26.4 Å². The van der Waals surface area contributed by atoms with Gasteiger partial charge in [-0.2, -0.15) is 0 Å². The highest BCUT2D eigenvalue weighted by Crippen LogP contribution is 2.21. The van der Waals surface area contributed by atoms with Crippen molar-refractivity contribution in [1.82, 2.24) is 0 Å². The number of carboxylic acids is 1. The molecule has 0 atom stereocenters. The predicted molar refractivity (Wildman–Crippen MR) is 66.8 cm³/mol. The third kappa shape index (κ3) is 5.01. The average molecular weight is 326 g/mol. The Morgan fingerprint density at radius 2 is 1.95 bits per heavy atom. The largest absolute Gasteiger partial charge is 0.522 e. The molecule has 21 heavy (non-hydrogen) atoms. The SMILES string of the molecule is CCc1ccc(C(=O)O)cc1S(=O)(=O)CCOC(F)(F)F. The summed E-state index contributed by atoms with van der Waals surface area (Å²) in [4.78, 5) is 10.6. The lowest BCUT2D eigenvalue weighted by Crippen LogP contribution is -2.21. The summed E-state index contributed by atoms with van der Waals surface area (Å²) in [6.07, 6.45) is -4.61. The Morgan fingerprint density at radius 1 is 1.33 bits per heavy atom. The van der Waals surface area contributed by atoms with Gasteiger partial charge in [-0.1, -0.05) is 13.0 Å². The summed E-state index contributed by atoms with van der Waals surface area (Å²) in [7, 11) is -4.07. The Bertz CT molecular complexity index is 622. The third-order valence-corrected chi connectivity index (χ3v) is 4.40. The maximum Gasteiger partial charge on any atom is 0.522 e. The summed E-state index contributed by atoms with van der Waals surface area (Å²) < 4.78 is 63.1. The summed E-state index contributed by atoms with van der Waals surface area (Å²) in [6, 6.07) is 3.53. The van der Waals surface area contributed by atoms with E-state index in [1.165, 1.54) is 12.1 Å². The molecular formula is C12H13F3O5S. The van der Waals surface area contributed by atoms with E-state index in [2.05, 4.69) is 4.74 Å². The van der Waals surface area contributed by atoms with Crippen LogP contribution in [0, 0.1) is 0 Å². The number of rotatable bonds is 6. The van der Waals surface area contributed by atoms with Crippen molar-refractivity contribution >= 4 is 15.8 Å². The Morgan fingerprint density at radius 3 is 2.43 bits per heavy atom. The van der Waals surface area contributed by atoms with E-state index in [-0.39, 0.29) is 10.5 Å². The molecule has 0 spiro atoms. The van der Waals surface area contributed by atoms with Gasteiger partial charge in [-0.05, 0) is 24.1 Å². The second-order valence-electron chi connectivity index (χ2n) is 4.09. The van der Waals surface area contributed by atoms with Crippen LogP contribution in [0.3, 0.4) is 0 Å². The first-order chi connectivity index (χ1) is 9.57. The zero-order chi connectivity index (χ0) is 16.3. The number of ether oxygens (including phenoxy) is 1. The molecule has 0 bridgehead atoms. The van der Waals surface area contributed by atoms with E-state index in [1.54, 1.807) is 6.92 Å². The van der Waals surface area contributed by atoms with Crippen molar-refractivity contribution in [3.63, 3.8) is 0 Å². The van der Waals surface area contributed by atoms with Crippen LogP contribution in [-0.4, -0.2) is 38.2 Å². The van der Waals surface area contributed by atoms with E-state index in [1.807, 2.05) is 0 Å². The molecule has 0 heterocycles. The molecule has 0 amide bonds. The first-order valence-electron chi connectivity index (χ1n) is 5.86. The van der Waals surface area contributed by atoms with Crippen molar-refractivity contribution in [3.05, 3.63) is 29.3 Å². The fourth-order valence-electron chi connectivity index (χ4n) is 1.65. The van der Waals surface area contributed by atoms with Gasteiger partial charge < -0.3 is 5.11 Å². The standard InChI is InChI=1S/C12H13F3O5S/c1-2-8-3-4-9(11(16)17)7-10(8)21(18,19)6-5-20-12(13,14)15/h3-4,7H,2,5-6H2,1H3,(H,16,17). The van der Waals surface area contributed by atoms with Gasteiger partial charge in [-0.15, -0.1) is 13.2 Å². The lowest BCUT2D eigenvalue weighted by atomic mass is 10.1. The molecule has 0 unspecified atom stereocenters. The number of carboxylic acid groups (broad SMARTS) is 1. The molecule has 1 aromatic carbocycles. The predicted octanol–water partition coefficient (Wildman–Crippen LogP) is 2.26. The lowest BCUT2D eigenvalue weighted by molar-refractivity contribution is -0.322. The van der Waals surface area contributed by atoms with Crippen molar-refractivity contribution in [2.24, 2.45) is 0 Å². The number of hydrogen-bond acceptors (Lipinski definition) is 4. The minimum Gasteiger partial charge on any atom is -0.478 e. The van der Waals surface area contributed by atoms with Crippen LogP contribution in [0.25, 0.3) is 0 Å². The number of halogens is 3. The molecule has 1 rings (SSSR count). The third-order valence-electron chi connectivity index (χ3n) is 2.65. The van der Waals surface area contributed by atoms with Crippen LogP contribution < -0.4 is 0 Å². The highest BCUT2D eigenvalue weighted by molar-refractivity contribution is 7.91. The lowest BCUT2D eigenvalue weighted by Gasteiger charge is -2.11. The van der Waals surface area contributed by atoms with Gasteiger partial charge in [0.1, 0.15) is 0 Å². The Kier molecular flexibility index (Phi) is 5.35. The van der Waals surface area contributed by atoms with Crippen LogP contribution in [0.2, 0.25) is 0 Å². The van der Waals surface area contributed by atoms with Crippen molar-refractivity contribution in [3.8, 4) is 0 Å². The maximum absolute atomic E-state index is 12.0. The number of carbonyl (C=O) groups is 1. The molecule has 9 heteroatoms. The van der Waals surface area contributed by atoms with Crippen LogP contribution in [-0.2, 0) is 21.0 Å². The Labute approximate surface area is 119 Å². The first-order valence-corrected chi connectivity index (χ1v) is 7.51. The van der Waals surface area contributed by atoms with Crippen LogP contribution >= 0.6 is 0 Å². The zero-order valence-electron chi connectivity index (χ0n) is 11.0. The summed E-state index contributed by atoms with van der Waals surface area (Å²) in [5.74, 6) is -2.21. The molecule has 1 N–H and O–H groups in total. The van der Waals surface area contributed by atoms with Crippen molar-refractivity contribution in [2.45, 2.75) is 24.6 Å². The topological polar surface area (TPSA) is 80.7 Å². The van der Waals surface area contributed by atoms with E-state index >= 15 is 0 Å². The van der Waals surface area contributed by atoms with Crippen molar-refractivity contribution in [2.75, 3.05) is 12.4 Å². The fraction of sp³-hybridized carbons (Fsp3) is 0.417. The summed E-state index contributed by atoms with van der Waals surface area (Å²) >= 11 is 0. The first kappa shape index (κ1) is 17.4. The molecule has 5 nitrogen and oxygen atoms in total. The van der Waals surface area contributed by atoms with Gasteiger partial charge in [0, 0.05) is 0 Å². The van der Waals surface area contributed by atoms with Crippen LogP contribution in [0.5, 0.6) is 0 Å². The molecule has 0 radical (unpaired) electrons. The number of hydrogen-bond donors (Lipinski definition) is 1. The smallest absolute Gasteiger partial charge is 0.478 e. The molecule has 0 aromatic heterocycles. The van der Waals surface area contributed by atoms with Gasteiger partial charge in [0.15, 0.2) is 9.84 Å². The average Bonchev–Trinajstić information content (AvgIpc) is 2.36. The monoisotopic (exact) mass is 326 g/mol. The second-order valence-corrected chi connectivity index (χ2v) is 6.17. The quantitative estimate of drug-likeness (QED) is 0.867. The molecular weight excluding hydrogens is 313 g/mol. The minimum atomic E-state index is -4.91. The number of sulfone groups is 1. The molecule has 0 aliphatic carbocycles. The van der Waals surface area contributed by atoms with Crippen molar-refractivity contribution in [1.29, 1.82) is 0 Å². The Balaban J connectivity index is 3.06. The normalized spacial score (nSPS) is 12.4. The van der Waals surface area contributed by atoms with E-state index in [4.69, 9.17) is 5.11 Å². The number of benzene rings is 1. The molecule has 118 valence electrons. The van der Waals surface area contributed by atoms with E-state index < -0.39 is 34.5 Å². The zero-order valence-corrected chi connectivity index (χ0v) is 11.8. The minimum absolute atomic E-state index is 0.248. The molecule has 0 aliphatic heterocycles. The van der Waals surface area contributed by atoms with E-state index in [0.29, 0.717) is 12.0 Å². The maximum atomic E-state index is 12.0. The number of aromatic carboxylic acids is 1. The Hall–Kier alpha value is -1.61. The van der Waals surface area contributed by atoms with Gasteiger partial charge >= 0.3 is 12.3 Å². The van der Waals surface area contributed by atoms with Crippen LogP contribution in [0.4, 0.5) is 13.2 Å². The summed E-state index contributed by atoms with van der Waals surface area (Å²) in [5.41, 5.74) is 0.0922.